The summed E-state index contributed by atoms with van der Waals surface area (Å²) in [6.07, 6.45) is 5.99. The van der Waals surface area contributed by atoms with Crippen LogP contribution in [-0.2, 0) is 11.3 Å². The van der Waals surface area contributed by atoms with Gasteiger partial charge < -0.3 is 20.3 Å². The van der Waals surface area contributed by atoms with E-state index in [2.05, 4.69) is 53.0 Å². The van der Waals surface area contributed by atoms with Crippen molar-refractivity contribution in [3.05, 3.63) is 29.8 Å². The first-order chi connectivity index (χ1) is 12.8. The predicted molar refractivity (Wildman–Crippen MR) is 112 cm³/mol. The van der Waals surface area contributed by atoms with Gasteiger partial charge in [-0.1, -0.05) is 18.2 Å². The Bertz CT molecular complexity index is 589. The van der Waals surface area contributed by atoms with Gasteiger partial charge in [-0.3, -0.25) is 0 Å². The molecule has 1 saturated heterocycles. The predicted octanol–water partition coefficient (Wildman–Crippen LogP) is 2.86. The highest BCUT2D eigenvalue weighted by molar-refractivity contribution is 7.99. The molecule has 2 atom stereocenters. The number of anilines is 1. The molecule has 1 aromatic rings. The number of hydrogen-bond donors (Lipinski definition) is 2. The maximum Gasteiger partial charge on any atom is 0.191 e. The van der Waals surface area contributed by atoms with Gasteiger partial charge in [-0.25, -0.2) is 4.99 Å². The zero-order valence-electron chi connectivity index (χ0n) is 16.0. The van der Waals surface area contributed by atoms with Crippen LogP contribution in [0.2, 0.25) is 0 Å². The Morgan fingerprint density at radius 2 is 2.08 bits per heavy atom. The van der Waals surface area contributed by atoms with Crippen molar-refractivity contribution < 1.29 is 4.74 Å². The lowest BCUT2D eigenvalue weighted by Gasteiger charge is -2.30. The van der Waals surface area contributed by atoms with E-state index in [9.17, 15) is 0 Å². The minimum atomic E-state index is 0.541. The number of guanidine groups is 1. The Kier molecular flexibility index (Phi) is 7.50. The summed E-state index contributed by atoms with van der Waals surface area (Å²) in [5.74, 6) is 0.941. The van der Waals surface area contributed by atoms with Crippen LogP contribution >= 0.6 is 11.8 Å². The van der Waals surface area contributed by atoms with E-state index in [4.69, 9.17) is 9.73 Å². The van der Waals surface area contributed by atoms with Crippen LogP contribution in [0.1, 0.15) is 31.7 Å². The van der Waals surface area contributed by atoms with Crippen LogP contribution in [0.15, 0.2) is 29.3 Å². The lowest BCUT2D eigenvalue weighted by molar-refractivity contribution is 0.122. The van der Waals surface area contributed by atoms with E-state index in [1.54, 1.807) is 0 Å². The van der Waals surface area contributed by atoms with Gasteiger partial charge >= 0.3 is 0 Å². The number of ether oxygens (including phenoxy) is 1. The number of nitrogens with one attached hydrogen (secondary N) is 2. The van der Waals surface area contributed by atoms with E-state index < -0.39 is 0 Å². The zero-order valence-corrected chi connectivity index (χ0v) is 16.9. The number of hydrogen-bond acceptors (Lipinski definition) is 4. The summed E-state index contributed by atoms with van der Waals surface area (Å²) in [6, 6.07) is 9.16. The molecule has 0 radical (unpaired) electrons. The standard InChI is InChI=1S/C20H32N4OS/c1-3-21-20(23-17-8-9-18(14-17)26-2)22-15-16-6-4-5-7-19(16)24-10-12-25-13-11-24/h4-7,17-18H,3,8-15H2,1-2H3,(H2,21,22,23). The van der Waals surface area contributed by atoms with Gasteiger partial charge in [0.25, 0.3) is 0 Å². The number of para-hydroxylation sites is 1. The molecule has 5 nitrogen and oxygen atoms in total. The Balaban J connectivity index is 1.65. The van der Waals surface area contributed by atoms with Crippen molar-refractivity contribution >= 4 is 23.4 Å². The van der Waals surface area contributed by atoms with Crippen LogP contribution in [0.5, 0.6) is 0 Å². The summed E-state index contributed by atoms with van der Waals surface area (Å²) in [5, 5.41) is 7.84. The topological polar surface area (TPSA) is 48.9 Å². The maximum absolute atomic E-state index is 5.49. The van der Waals surface area contributed by atoms with Crippen molar-refractivity contribution in [2.24, 2.45) is 4.99 Å². The first-order valence-electron chi connectivity index (χ1n) is 9.78. The van der Waals surface area contributed by atoms with Gasteiger partial charge in [0.1, 0.15) is 0 Å². The smallest absolute Gasteiger partial charge is 0.191 e. The van der Waals surface area contributed by atoms with Crippen molar-refractivity contribution in [3.8, 4) is 0 Å². The summed E-state index contributed by atoms with van der Waals surface area (Å²) in [7, 11) is 0. The summed E-state index contributed by atoms with van der Waals surface area (Å²) >= 11 is 1.99. The van der Waals surface area contributed by atoms with Crippen LogP contribution in [0.25, 0.3) is 0 Å². The number of benzene rings is 1. The zero-order chi connectivity index (χ0) is 18.2. The summed E-state index contributed by atoms with van der Waals surface area (Å²) in [4.78, 5) is 7.29. The van der Waals surface area contributed by atoms with E-state index in [0.29, 0.717) is 12.6 Å². The van der Waals surface area contributed by atoms with Gasteiger partial charge in [-0.15, -0.1) is 0 Å². The van der Waals surface area contributed by atoms with Gasteiger partial charge in [0.05, 0.1) is 19.8 Å². The Morgan fingerprint density at radius 1 is 1.27 bits per heavy atom. The monoisotopic (exact) mass is 376 g/mol. The largest absolute Gasteiger partial charge is 0.378 e. The Labute approximate surface area is 162 Å². The Hall–Kier alpha value is -1.40. The van der Waals surface area contributed by atoms with Crippen LogP contribution in [0.3, 0.4) is 0 Å². The molecule has 2 N–H and O–H groups in total. The molecule has 1 aliphatic carbocycles. The van der Waals surface area contributed by atoms with Crippen LogP contribution in [-0.4, -0.2) is 56.4 Å². The van der Waals surface area contributed by atoms with Crippen molar-refractivity contribution in [1.82, 2.24) is 10.6 Å². The molecule has 2 unspecified atom stereocenters. The van der Waals surface area contributed by atoms with E-state index >= 15 is 0 Å². The molecule has 0 aromatic heterocycles. The van der Waals surface area contributed by atoms with E-state index in [0.717, 1.165) is 44.1 Å². The summed E-state index contributed by atoms with van der Waals surface area (Å²) in [6.45, 7) is 7.23. The van der Waals surface area contributed by atoms with Crippen molar-refractivity contribution in [3.63, 3.8) is 0 Å². The maximum atomic E-state index is 5.49. The second kappa shape index (κ2) is 10.1. The first-order valence-corrected chi connectivity index (χ1v) is 11.1. The van der Waals surface area contributed by atoms with Gasteiger partial charge in [0.2, 0.25) is 0 Å². The molecule has 1 saturated carbocycles. The molecule has 3 rings (SSSR count). The van der Waals surface area contributed by atoms with Gasteiger partial charge in [-0.2, -0.15) is 11.8 Å². The molecule has 1 aromatic carbocycles. The minimum absolute atomic E-state index is 0.541. The highest BCUT2D eigenvalue weighted by Gasteiger charge is 2.24. The number of morpholine rings is 1. The van der Waals surface area contributed by atoms with E-state index in [1.165, 1.54) is 30.5 Å². The molecule has 2 aliphatic rings. The first kappa shape index (κ1) is 19.4. The van der Waals surface area contributed by atoms with Crippen LogP contribution < -0.4 is 15.5 Å². The average molecular weight is 377 g/mol. The highest BCUT2D eigenvalue weighted by atomic mass is 32.2. The lowest BCUT2D eigenvalue weighted by Crippen LogP contribution is -2.42. The molecule has 1 heterocycles. The van der Waals surface area contributed by atoms with Gasteiger partial charge in [0.15, 0.2) is 5.96 Å². The second-order valence-corrected chi connectivity index (χ2v) is 8.07. The quantitative estimate of drug-likeness (QED) is 0.591. The molecule has 0 amide bonds. The van der Waals surface area contributed by atoms with Crippen molar-refractivity contribution in [1.29, 1.82) is 0 Å². The number of aliphatic imine (C=N–C) groups is 1. The van der Waals surface area contributed by atoms with Crippen molar-refractivity contribution in [2.75, 3.05) is 44.0 Å². The highest BCUT2D eigenvalue weighted by Crippen LogP contribution is 2.28. The molecule has 26 heavy (non-hydrogen) atoms. The molecular weight excluding hydrogens is 344 g/mol. The van der Waals surface area contributed by atoms with Crippen LogP contribution in [0, 0.1) is 0 Å². The fourth-order valence-corrected chi connectivity index (χ4v) is 4.52. The number of thioether (sulfide) groups is 1. The molecule has 2 fully saturated rings. The van der Waals surface area contributed by atoms with E-state index in [-0.39, 0.29) is 0 Å². The third kappa shape index (κ3) is 5.30. The normalized spacial score (nSPS) is 23.9. The average Bonchev–Trinajstić information content (AvgIpc) is 3.15. The molecule has 1 aliphatic heterocycles. The molecule has 144 valence electrons. The summed E-state index contributed by atoms with van der Waals surface area (Å²) in [5.41, 5.74) is 2.57. The minimum Gasteiger partial charge on any atom is -0.378 e. The third-order valence-electron chi connectivity index (χ3n) is 5.15. The molecule has 0 bridgehead atoms. The van der Waals surface area contributed by atoms with E-state index in [1.807, 2.05) is 11.8 Å². The fraction of sp³-hybridized carbons (Fsp3) is 0.650. The number of nitrogens with zero attached hydrogens (tertiary/aromatic N) is 2. The van der Waals surface area contributed by atoms with Gasteiger partial charge in [0, 0.05) is 36.6 Å². The molecule has 0 spiro atoms. The second-order valence-electron chi connectivity index (χ2n) is 6.94. The Morgan fingerprint density at radius 3 is 2.81 bits per heavy atom. The third-order valence-corrected chi connectivity index (χ3v) is 6.25. The summed E-state index contributed by atoms with van der Waals surface area (Å²) < 4.78 is 5.49. The fourth-order valence-electron chi connectivity index (χ4n) is 3.72. The number of rotatable bonds is 6. The SMILES string of the molecule is CCNC(=NCc1ccccc1N1CCOCC1)NC1CCC(SC)C1. The van der Waals surface area contributed by atoms with Crippen LogP contribution in [0.4, 0.5) is 5.69 Å². The lowest BCUT2D eigenvalue weighted by atomic mass is 10.1. The van der Waals surface area contributed by atoms with Gasteiger partial charge in [-0.05, 0) is 44.1 Å². The molecular formula is C20H32N4OS. The van der Waals surface area contributed by atoms with Crippen molar-refractivity contribution in [2.45, 2.75) is 44.0 Å². The molecule has 6 heteroatoms.